The third-order valence-electron chi connectivity index (χ3n) is 2.10. The van der Waals surface area contributed by atoms with Crippen LogP contribution in [0.15, 0.2) is 22.7 Å². The van der Waals surface area contributed by atoms with E-state index in [1.165, 1.54) is 0 Å². The minimum atomic E-state index is -0.326. The third-order valence-corrected chi connectivity index (χ3v) is 2.99. The van der Waals surface area contributed by atoms with Crippen molar-refractivity contribution >= 4 is 39.4 Å². The number of carbonyl (C=O) groups excluding carboxylic acids is 2. The summed E-state index contributed by atoms with van der Waals surface area (Å²) in [7, 11) is 0. The maximum Gasteiger partial charge on any atom is 0.307 e. The summed E-state index contributed by atoms with van der Waals surface area (Å²) in [6.07, 6.45) is 0.158. The molecule has 0 heterocycles. The summed E-state index contributed by atoms with van der Waals surface area (Å²) in [4.78, 5) is 22.9. The highest BCUT2D eigenvalue weighted by atomic mass is 79.9. The molecular weight excluding hydrogens is 321 g/mol. The number of esters is 1. The summed E-state index contributed by atoms with van der Waals surface area (Å²) in [5, 5.41) is 3.18. The first-order chi connectivity index (χ1) is 8.54. The highest BCUT2D eigenvalue weighted by Gasteiger charge is 2.10. The number of nitrogens with one attached hydrogen (secondary N) is 1. The molecule has 1 N–H and O–H groups in total. The number of benzene rings is 1. The quantitative estimate of drug-likeness (QED) is 0.842. The highest BCUT2D eigenvalue weighted by Crippen LogP contribution is 2.21. The van der Waals surface area contributed by atoms with Gasteiger partial charge in [-0.05, 0) is 41.1 Å². The Labute approximate surface area is 119 Å². The van der Waals surface area contributed by atoms with Crippen LogP contribution in [0, 0.1) is 0 Å². The van der Waals surface area contributed by atoms with Gasteiger partial charge in [0.2, 0.25) is 0 Å². The zero-order valence-electron chi connectivity index (χ0n) is 9.83. The van der Waals surface area contributed by atoms with Crippen molar-refractivity contribution < 1.29 is 14.3 Å². The minimum Gasteiger partial charge on any atom is -0.466 e. The number of carbonyl (C=O) groups is 2. The van der Waals surface area contributed by atoms with Gasteiger partial charge in [-0.3, -0.25) is 9.59 Å². The molecular formula is C12H13BrClNO3. The highest BCUT2D eigenvalue weighted by molar-refractivity contribution is 9.10. The van der Waals surface area contributed by atoms with E-state index in [-0.39, 0.29) is 24.8 Å². The molecule has 0 aliphatic carbocycles. The molecule has 4 nitrogen and oxygen atoms in total. The maximum atomic E-state index is 11.8. The van der Waals surface area contributed by atoms with Gasteiger partial charge in [-0.25, -0.2) is 0 Å². The van der Waals surface area contributed by atoms with Gasteiger partial charge < -0.3 is 10.1 Å². The number of hydrogen-bond acceptors (Lipinski definition) is 3. The molecule has 0 aromatic heterocycles. The number of halogens is 2. The van der Waals surface area contributed by atoms with Gasteiger partial charge in [-0.1, -0.05) is 11.6 Å². The van der Waals surface area contributed by atoms with E-state index in [9.17, 15) is 9.59 Å². The van der Waals surface area contributed by atoms with E-state index in [1.807, 2.05) is 0 Å². The first-order valence-electron chi connectivity index (χ1n) is 5.43. The first-order valence-corrected chi connectivity index (χ1v) is 6.60. The van der Waals surface area contributed by atoms with Crippen molar-refractivity contribution in [3.8, 4) is 0 Å². The van der Waals surface area contributed by atoms with Crippen molar-refractivity contribution in [2.24, 2.45) is 0 Å². The largest absolute Gasteiger partial charge is 0.466 e. The Balaban J connectivity index is 2.48. The van der Waals surface area contributed by atoms with Gasteiger partial charge in [0.1, 0.15) is 0 Å². The van der Waals surface area contributed by atoms with Gasteiger partial charge in [-0.15, -0.1) is 0 Å². The summed E-state index contributed by atoms with van der Waals surface area (Å²) in [5.41, 5.74) is 0.475. The molecule has 0 bridgehead atoms. The first kappa shape index (κ1) is 15.0. The Morgan fingerprint density at radius 3 is 2.78 bits per heavy atom. The Bertz CT molecular complexity index is 451. The molecule has 18 heavy (non-hydrogen) atoms. The molecule has 6 heteroatoms. The van der Waals surface area contributed by atoms with E-state index in [1.54, 1.807) is 25.1 Å². The lowest BCUT2D eigenvalue weighted by molar-refractivity contribution is -0.142. The molecule has 0 fully saturated rings. The SMILES string of the molecule is CCOC(=O)CCNC(=O)c1ccc(Cl)cc1Br. The van der Waals surface area contributed by atoms with Crippen LogP contribution in [-0.4, -0.2) is 25.0 Å². The van der Waals surface area contributed by atoms with Crippen LogP contribution < -0.4 is 5.32 Å². The number of ether oxygens (including phenoxy) is 1. The predicted molar refractivity (Wildman–Crippen MR) is 72.7 cm³/mol. The monoisotopic (exact) mass is 333 g/mol. The predicted octanol–water partition coefficient (Wildman–Crippen LogP) is 2.79. The molecule has 0 saturated carbocycles. The standard InChI is InChI=1S/C12H13BrClNO3/c1-2-18-11(16)5-6-15-12(17)9-4-3-8(14)7-10(9)13/h3-4,7H,2,5-6H2,1H3,(H,15,17). The Morgan fingerprint density at radius 2 is 2.17 bits per heavy atom. The van der Waals surface area contributed by atoms with Crippen molar-refractivity contribution in [2.75, 3.05) is 13.2 Å². The van der Waals surface area contributed by atoms with E-state index in [4.69, 9.17) is 16.3 Å². The molecule has 0 atom stereocenters. The second kappa shape index (κ2) is 7.38. The van der Waals surface area contributed by atoms with Gasteiger partial charge in [0.15, 0.2) is 0 Å². The molecule has 98 valence electrons. The fourth-order valence-corrected chi connectivity index (χ4v) is 2.14. The lowest BCUT2D eigenvalue weighted by Gasteiger charge is -2.07. The lowest BCUT2D eigenvalue weighted by atomic mass is 10.2. The summed E-state index contributed by atoms with van der Waals surface area (Å²) in [5.74, 6) is -0.587. The van der Waals surface area contributed by atoms with Crippen LogP contribution in [-0.2, 0) is 9.53 Å². The molecule has 0 unspecified atom stereocenters. The molecule has 1 amide bonds. The van der Waals surface area contributed by atoms with Crippen LogP contribution in [0.4, 0.5) is 0 Å². The maximum absolute atomic E-state index is 11.8. The van der Waals surface area contributed by atoms with Gasteiger partial charge in [0.25, 0.3) is 5.91 Å². The lowest BCUT2D eigenvalue weighted by Crippen LogP contribution is -2.26. The second-order valence-corrected chi connectivity index (χ2v) is 4.73. The molecule has 0 aliphatic rings. The molecule has 0 aliphatic heterocycles. The molecule has 1 aromatic rings. The topological polar surface area (TPSA) is 55.4 Å². The van der Waals surface area contributed by atoms with Crippen molar-refractivity contribution in [2.45, 2.75) is 13.3 Å². The van der Waals surface area contributed by atoms with Crippen molar-refractivity contribution in [3.63, 3.8) is 0 Å². The van der Waals surface area contributed by atoms with Crippen LogP contribution in [0.2, 0.25) is 5.02 Å². The zero-order chi connectivity index (χ0) is 13.5. The average molecular weight is 335 g/mol. The van der Waals surface area contributed by atoms with Crippen molar-refractivity contribution in [1.29, 1.82) is 0 Å². The number of hydrogen-bond donors (Lipinski definition) is 1. The van der Waals surface area contributed by atoms with Crippen molar-refractivity contribution in [1.82, 2.24) is 5.32 Å². The fraction of sp³-hybridized carbons (Fsp3) is 0.333. The zero-order valence-corrected chi connectivity index (χ0v) is 12.2. The Hall–Kier alpha value is -1.07. The minimum absolute atomic E-state index is 0.158. The van der Waals surface area contributed by atoms with Gasteiger partial charge in [0, 0.05) is 16.0 Å². The summed E-state index contributed by atoms with van der Waals surface area (Å²) in [6, 6.07) is 4.89. The van der Waals surface area contributed by atoms with Gasteiger partial charge in [-0.2, -0.15) is 0 Å². The molecule has 1 rings (SSSR count). The third kappa shape index (κ3) is 4.66. The van der Waals surface area contributed by atoms with Gasteiger partial charge >= 0.3 is 5.97 Å². The molecule has 1 aromatic carbocycles. The molecule has 0 saturated heterocycles. The van der Waals surface area contributed by atoms with E-state index in [2.05, 4.69) is 21.2 Å². The second-order valence-electron chi connectivity index (χ2n) is 3.44. The van der Waals surface area contributed by atoms with Crippen LogP contribution in [0.3, 0.4) is 0 Å². The van der Waals surface area contributed by atoms with E-state index in [0.29, 0.717) is 21.7 Å². The summed E-state index contributed by atoms with van der Waals surface area (Å²) < 4.78 is 5.37. The van der Waals surface area contributed by atoms with Crippen molar-refractivity contribution in [3.05, 3.63) is 33.3 Å². The number of rotatable bonds is 5. The Kier molecular flexibility index (Phi) is 6.15. The summed E-state index contributed by atoms with van der Waals surface area (Å²) >= 11 is 9.04. The summed E-state index contributed by atoms with van der Waals surface area (Å²) in [6.45, 7) is 2.32. The van der Waals surface area contributed by atoms with E-state index in [0.717, 1.165) is 0 Å². The van der Waals surface area contributed by atoms with Gasteiger partial charge in [0.05, 0.1) is 18.6 Å². The van der Waals surface area contributed by atoms with Crippen LogP contribution >= 0.6 is 27.5 Å². The molecule has 0 radical (unpaired) electrons. The van der Waals surface area contributed by atoms with E-state index >= 15 is 0 Å². The Morgan fingerprint density at radius 1 is 1.44 bits per heavy atom. The van der Waals surface area contributed by atoms with Crippen LogP contribution in [0.1, 0.15) is 23.7 Å². The van der Waals surface area contributed by atoms with E-state index < -0.39 is 0 Å². The fourth-order valence-electron chi connectivity index (χ4n) is 1.28. The smallest absolute Gasteiger partial charge is 0.307 e. The van der Waals surface area contributed by atoms with Crippen LogP contribution in [0.25, 0.3) is 0 Å². The normalized spacial score (nSPS) is 9.94. The molecule has 0 spiro atoms. The number of amides is 1. The van der Waals surface area contributed by atoms with Crippen LogP contribution in [0.5, 0.6) is 0 Å². The average Bonchev–Trinajstić information content (AvgIpc) is 2.29.